The van der Waals surface area contributed by atoms with E-state index < -0.39 is 17.4 Å². The minimum atomic E-state index is -1.20. The number of hydrogen-bond acceptors (Lipinski definition) is 4. The maximum atomic E-state index is 11.9. The number of rotatable bonds is 3. The van der Waals surface area contributed by atoms with Crippen molar-refractivity contribution < 1.29 is 19.1 Å². The van der Waals surface area contributed by atoms with Gasteiger partial charge in [-0.2, -0.15) is 0 Å². The zero-order valence-corrected chi connectivity index (χ0v) is 10.5. The molecule has 0 bridgehead atoms. The number of carbonyl (C=O) groups is 2. The summed E-state index contributed by atoms with van der Waals surface area (Å²) in [5.74, 6) is -1.04. The van der Waals surface area contributed by atoms with E-state index in [0.29, 0.717) is 12.8 Å². The molecule has 0 aromatic heterocycles. The van der Waals surface area contributed by atoms with Gasteiger partial charge in [0, 0.05) is 0 Å². The van der Waals surface area contributed by atoms with Crippen molar-refractivity contribution in [3.63, 3.8) is 0 Å². The van der Waals surface area contributed by atoms with Gasteiger partial charge in [0.15, 0.2) is 5.41 Å². The molecule has 94 valence electrons. The highest BCUT2D eigenvalue weighted by atomic mass is 16.5. The molecule has 0 aromatic carbocycles. The monoisotopic (exact) mass is 238 g/mol. The first-order chi connectivity index (χ1) is 8.05. The molecule has 1 fully saturated rings. The average molecular weight is 238 g/mol. The van der Waals surface area contributed by atoms with Crippen LogP contribution in [0.4, 0.5) is 0 Å². The molecule has 0 aromatic rings. The van der Waals surface area contributed by atoms with Gasteiger partial charge in [-0.3, -0.25) is 9.59 Å². The molecule has 1 aliphatic rings. The van der Waals surface area contributed by atoms with Crippen molar-refractivity contribution in [1.29, 1.82) is 0 Å². The van der Waals surface area contributed by atoms with Crippen molar-refractivity contribution in [3.05, 3.63) is 24.3 Å². The molecule has 1 atom stereocenters. The molecule has 4 heteroatoms. The van der Waals surface area contributed by atoms with Crippen molar-refractivity contribution in [1.82, 2.24) is 0 Å². The smallest absolute Gasteiger partial charge is 0.323 e. The normalized spacial score (nSPS) is 24.4. The molecule has 0 aliphatic heterocycles. The lowest BCUT2D eigenvalue weighted by molar-refractivity contribution is -0.168. The van der Waals surface area contributed by atoms with Gasteiger partial charge in [0.25, 0.3) is 0 Å². The van der Waals surface area contributed by atoms with Crippen LogP contribution in [0.5, 0.6) is 0 Å². The molecule has 0 amide bonds. The molecule has 0 heterocycles. The van der Waals surface area contributed by atoms with Crippen LogP contribution in [0.25, 0.3) is 0 Å². The minimum absolute atomic E-state index is 0.0261. The highest BCUT2D eigenvalue weighted by Crippen LogP contribution is 2.47. The van der Waals surface area contributed by atoms with Crippen LogP contribution in [0.15, 0.2) is 24.3 Å². The number of carbonyl (C=O) groups excluding carboxylic acids is 2. The van der Waals surface area contributed by atoms with Gasteiger partial charge in [-0.15, -0.1) is 6.58 Å². The Hall–Kier alpha value is -1.58. The maximum absolute atomic E-state index is 11.9. The second kappa shape index (κ2) is 5.17. The molecule has 4 nitrogen and oxygen atoms in total. The zero-order valence-electron chi connectivity index (χ0n) is 10.5. The highest BCUT2D eigenvalue weighted by molar-refractivity contribution is 6.01. The first-order valence-electron chi connectivity index (χ1n) is 5.50. The van der Waals surface area contributed by atoms with E-state index in [1.54, 1.807) is 6.08 Å². The fourth-order valence-corrected chi connectivity index (χ4v) is 2.39. The summed E-state index contributed by atoms with van der Waals surface area (Å²) < 4.78 is 9.49. The van der Waals surface area contributed by atoms with E-state index in [-0.39, 0.29) is 5.92 Å². The molecule has 1 rings (SSSR count). The van der Waals surface area contributed by atoms with Gasteiger partial charge in [-0.1, -0.05) is 17.7 Å². The lowest BCUT2D eigenvalue weighted by Crippen LogP contribution is -2.39. The number of hydrogen-bond donors (Lipinski definition) is 0. The van der Waals surface area contributed by atoms with Gasteiger partial charge < -0.3 is 9.47 Å². The second-order valence-corrected chi connectivity index (χ2v) is 4.15. The fraction of sp³-hybridized carbons (Fsp3) is 0.538. The first-order valence-corrected chi connectivity index (χ1v) is 5.50. The van der Waals surface area contributed by atoms with Gasteiger partial charge in [-0.05, 0) is 25.7 Å². The molecule has 0 saturated heterocycles. The molecular weight excluding hydrogens is 220 g/mol. The summed E-state index contributed by atoms with van der Waals surface area (Å²) >= 11 is 0. The van der Waals surface area contributed by atoms with E-state index in [9.17, 15) is 9.59 Å². The van der Waals surface area contributed by atoms with Crippen molar-refractivity contribution in [2.75, 3.05) is 14.2 Å². The van der Waals surface area contributed by atoms with Crippen LogP contribution in [0.2, 0.25) is 0 Å². The third kappa shape index (κ3) is 2.12. The SMILES string of the molecule is C=CC1CC(C(=O)OC)(C(=O)OC)C/C1=C\C. The standard InChI is InChI=1S/C13H18O4/c1-5-9-7-13(11(14)16-3,12(15)17-4)8-10(9)6-2/h5-6,9H,1,7-8H2,2-4H3/b10-6+. The van der Waals surface area contributed by atoms with Gasteiger partial charge in [0.1, 0.15) is 0 Å². The predicted molar refractivity (Wildman–Crippen MR) is 63.1 cm³/mol. The molecule has 0 N–H and O–H groups in total. The summed E-state index contributed by atoms with van der Waals surface area (Å²) in [5.41, 5.74) is -0.180. The molecule has 0 radical (unpaired) electrons. The lowest BCUT2D eigenvalue weighted by Gasteiger charge is -2.22. The van der Waals surface area contributed by atoms with E-state index >= 15 is 0 Å². The van der Waals surface area contributed by atoms with Crippen LogP contribution < -0.4 is 0 Å². The number of allylic oxidation sites excluding steroid dienone is 3. The van der Waals surface area contributed by atoms with E-state index in [0.717, 1.165) is 5.57 Å². The predicted octanol–water partition coefficient (Wildman–Crippen LogP) is 1.86. The zero-order chi connectivity index (χ0) is 13.1. The Kier molecular flexibility index (Phi) is 4.10. The Morgan fingerprint density at radius 3 is 2.18 bits per heavy atom. The summed E-state index contributed by atoms with van der Waals surface area (Å²) in [6.45, 7) is 5.62. The van der Waals surface area contributed by atoms with E-state index in [4.69, 9.17) is 9.47 Å². The van der Waals surface area contributed by atoms with Crippen molar-refractivity contribution in [2.24, 2.45) is 11.3 Å². The van der Waals surface area contributed by atoms with Crippen molar-refractivity contribution in [3.8, 4) is 0 Å². The molecular formula is C13H18O4. The Labute approximate surface area is 101 Å². The highest BCUT2D eigenvalue weighted by Gasteiger charge is 2.54. The molecule has 1 saturated carbocycles. The molecule has 1 aliphatic carbocycles. The van der Waals surface area contributed by atoms with Gasteiger partial charge in [-0.25, -0.2) is 0 Å². The second-order valence-electron chi connectivity index (χ2n) is 4.15. The quantitative estimate of drug-likeness (QED) is 0.428. The van der Waals surface area contributed by atoms with E-state index in [1.807, 2.05) is 13.0 Å². The fourth-order valence-electron chi connectivity index (χ4n) is 2.39. The Bertz CT molecular complexity index is 352. The average Bonchev–Trinajstić information content (AvgIpc) is 2.76. The number of ether oxygens (including phenoxy) is 2. The number of esters is 2. The minimum Gasteiger partial charge on any atom is -0.468 e. The largest absolute Gasteiger partial charge is 0.468 e. The Morgan fingerprint density at radius 1 is 1.35 bits per heavy atom. The van der Waals surface area contributed by atoms with Crippen LogP contribution in [-0.2, 0) is 19.1 Å². The van der Waals surface area contributed by atoms with Gasteiger partial charge in [0.05, 0.1) is 14.2 Å². The third-order valence-corrected chi connectivity index (χ3v) is 3.36. The molecule has 1 unspecified atom stereocenters. The number of methoxy groups -OCH3 is 2. The van der Waals surface area contributed by atoms with E-state index in [1.165, 1.54) is 14.2 Å². The summed E-state index contributed by atoms with van der Waals surface area (Å²) in [6, 6.07) is 0. The van der Waals surface area contributed by atoms with Crippen LogP contribution in [0.1, 0.15) is 19.8 Å². The van der Waals surface area contributed by atoms with Crippen LogP contribution >= 0.6 is 0 Å². The van der Waals surface area contributed by atoms with Crippen LogP contribution in [-0.4, -0.2) is 26.2 Å². The van der Waals surface area contributed by atoms with Crippen molar-refractivity contribution in [2.45, 2.75) is 19.8 Å². The Morgan fingerprint density at radius 2 is 1.88 bits per heavy atom. The van der Waals surface area contributed by atoms with E-state index in [2.05, 4.69) is 6.58 Å². The van der Waals surface area contributed by atoms with Gasteiger partial charge >= 0.3 is 11.9 Å². The lowest BCUT2D eigenvalue weighted by atomic mass is 9.85. The molecule has 17 heavy (non-hydrogen) atoms. The summed E-state index contributed by atoms with van der Waals surface area (Å²) in [7, 11) is 2.56. The summed E-state index contributed by atoms with van der Waals surface area (Å²) in [5, 5.41) is 0. The first kappa shape index (κ1) is 13.5. The summed E-state index contributed by atoms with van der Waals surface area (Å²) in [4.78, 5) is 23.7. The van der Waals surface area contributed by atoms with Crippen LogP contribution in [0.3, 0.4) is 0 Å². The third-order valence-electron chi connectivity index (χ3n) is 3.36. The van der Waals surface area contributed by atoms with Crippen LogP contribution in [0, 0.1) is 11.3 Å². The van der Waals surface area contributed by atoms with Crippen molar-refractivity contribution >= 4 is 11.9 Å². The molecule has 0 spiro atoms. The Balaban J connectivity index is 3.16. The maximum Gasteiger partial charge on any atom is 0.323 e. The summed E-state index contributed by atoms with van der Waals surface area (Å²) in [6.07, 6.45) is 4.39. The topological polar surface area (TPSA) is 52.6 Å². The van der Waals surface area contributed by atoms with Gasteiger partial charge in [0.2, 0.25) is 0 Å².